The number of carbonyl (C=O) groups is 1. The zero-order valence-corrected chi connectivity index (χ0v) is 11.2. The van der Waals surface area contributed by atoms with Crippen molar-refractivity contribution in [3.05, 3.63) is 71.3 Å². The van der Waals surface area contributed by atoms with Crippen LogP contribution >= 0.6 is 0 Å². The van der Waals surface area contributed by atoms with Crippen molar-refractivity contribution in [2.24, 2.45) is 0 Å². The Balaban J connectivity index is 1.91. The Morgan fingerprint density at radius 2 is 1.63 bits per heavy atom. The number of rotatable bonds is 5. The van der Waals surface area contributed by atoms with E-state index in [1.165, 1.54) is 11.1 Å². The summed E-state index contributed by atoms with van der Waals surface area (Å²) in [5, 5.41) is 2.65. The highest BCUT2D eigenvalue weighted by Gasteiger charge is 2.03. The molecule has 2 rings (SSSR count). The maximum atomic E-state index is 11.5. The van der Waals surface area contributed by atoms with Crippen molar-refractivity contribution in [3.63, 3.8) is 0 Å². The fourth-order valence-corrected chi connectivity index (χ4v) is 2.15. The van der Waals surface area contributed by atoms with E-state index in [4.69, 9.17) is 0 Å². The summed E-state index contributed by atoms with van der Waals surface area (Å²) in [7, 11) is 1.66. The Kier molecular flexibility index (Phi) is 4.73. The maximum Gasteiger partial charge on any atom is 0.251 e. The lowest BCUT2D eigenvalue weighted by Crippen LogP contribution is -2.17. The van der Waals surface area contributed by atoms with E-state index in [1.54, 1.807) is 7.05 Å². The summed E-state index contributed by atoms with van der Waals surface area (Å²) in [6.07, 6.45) is 3.17. The van der Waals surface area contributed by atoms with E-state index in [1.807, 2.05) is 24.3 Å². The van der Waals surface area contributed by atoms with Gasteiger partial charge in [0.1, 0.15) is 0 Å². The number of aryl methyl sites for hydroxylation is 2. The van der Waals surface area contributed by atoms with Gasteiger partial charge in [0.05, 0.1) is 0 Å². The van der Waals surface area contributed by atoms with E-state index < -0.39 is 0 Å². The third-order valence-corrected chi connectivity index (χ3v) is 3.19. The van der Waals surface area contributed by atoms with Crippen LogP contribution in [0.4, 0.5) is 0 Å². The van der Waals surface area contributed by atoms with Crippen LogP contribution in [0.15, 0.2) is 54.6 Å². The summed E-state index contributed by atoms with van der Waals surface area (Å²) in [6, 6.07) is 18.3. The number of carbonyl (C=O) groups excluding carboxylic acids is 1. The second-order valence-electron chi connectivity index (χ2n) is 4.62. The first-order valence-corrected chi connectivity index (χ1v) is 6.64. The van der Waals surface area contributed by atoms with Gasteiger partial charge in [-0.2, -0.15) is 0 Å². The van der Waals surface area contributed by atoms with Gasteiger partial charge >= 0.3 is 0 Å². The molecule has 0 aliphatic carbocycles. The summed E-state index contributed by atoms with van der Waals surface area (Å²) in [6.45, 7) is 0. The normalized spacial score (nSPS) is 10.2. The molecule has 0 bridgehead atoms. The number of benzene rings is 2. The molecular weight excluding hydrogens is 234 g/mol. The highest BCUT2D eigenvalue weighted by atomic mass is 16.1. The van der Waals surface area contributed by atoms with Gasteiger partial charge in [-0.05, 0) is 42.5 Å². The molecule has 2 nitrogen and oxygen atoms in total. The molecule has 0 aliphatic heterocycles. The number of amides is 1. The van der Waals surface area contributed by atoms with Crippen LogP contribution in [0.25, 0.3) is 0 Å². The van der Waals surface area contributed by atoms with Crippen LogP contribution in [0.3, 0.4) is 0 Å². The number of nitrogens with one attached hydrogen (secondary N) is 1. The van der Waals surface area contributed by atoms with Crippen molar-refractivity contribution >= 4 is 5.91 Å². The first kappa shape index (κ1) is 13.3. The highest BCUT2D eigenvalue weighted by molar-refractivity contribution is 5.94. The zero-order valence-electron chi connectivity index (χ0n) is 11.2. The summed E-state index contributed by atoms with van der Waals surface area (Å²) in [5.41, 5.74) is 3.32. The summed E-state index contributed by atoms with van der Waals surface area (Å²) < 4.78 is 0. The molecule has 0 aliphatic rings. The standard InChI is InChI=1S/C17H19NO/c1-18-17(19)16-12-6-11-15(13-16)10-5-9-14-7-3-2-4-8-14/h2-4,6-8,11-13H,5,9-10H2,1H3,(H,18,19). The first-order valence-electron chi connectivity index (χ1n) is 6.64. The maximum absolute atomic E-state index is 11.5. The Bertz CT molecular complexity index is 534. The van der Waals surface area contributed by atoms with E-state index in [-0.39, 0.29) is 5.91 Å². The lowest BCUT2D eigenvalue weighted by atomic mass is 10.0. The smallest absolute Gasteiger partial charge is 0.251 e. The molecule has 0 saturated heterocycles. The first-order chi connectivity index (χ1) is 9.29. The molecule has 98 valence electrons. The minimum Gasteiger partial charge on any atom is -0.355 e. The van der Waals surface area contributed by atoms with Crippen molar-refractivity contribution in [2.75, 3.05) is 7.05 Å². The molecule has 0 saturated carbocycles. The van der Waals surface area contributed by atoms with Crippen molar-refractivity contribution in [3.8, 4) is 0 Å². The van der Waals surface area contributed by atoms with Crippen LogP contribution in [0.5, 0.6) is 0 Å². The van der Waals surface area contributed by atoms with Gasteiger partial charge in [-0.15, -0.1) is 0 Å². The number of hydrogen-bond acceptors (Lipinski definition) is 1. The van der Waals surface area contributed by atoms with E-state index in [0.717, 1.165) is 24.8 Å². The summed E-state index contributed by atoms with van der Waals surface area (Å²) >= 11 is 0. The Morgan fingerprint density at radius 1 is 0.947 bits per heavy atom. The van der Waals surface area contributed by atoms with Crippen molar-refractivity contribution < 1.29 is 4.79 Å². The van der Waals surface area contributed by atoms with Crippen LogP contribution in [0, 0.1) is 0 Å². The molecule has 0 aromatic heterocycles. The molecule has 0 spiro atoms. The molecule has 2 aromatic carbocycles. The second-order valence-corrected chi connectivity index (χ2v) is 4.62. The molecule has 0 atom stereocenters. The fourth-order valence-electron chi connectivity index (χ4n) is 2.15. The van der Waals surface area contributed by atoms with Crippen LogP contribution < -0.4 is 5.32 Å². The second kappa shape index (κ2) is 6.74. The molecule has 19 heavy (non-hydrogen) atoms. The third kappa shape index (κ3) is 3.95. The Hall–Kier alpha value is -2.09. The molecule has 2 aromatic rings. The number of hydrogen-bond donors (Lipinski definition) is 1. The van der Waals surface area contributed by atoms with Crippen molar-refractivity contribution in [2.45, 2.75) is 19.3 Å². The lowest BCUT2D eigenvalue weighted by molar-refractivity contribution is 0.0963. The molecule has 0 fully saturated rings. The molecule has 0 radical (unpaired) electrons. The average Bonchev–Trinajstić information content (AvgIpc) is 2.48. The van der Waals surface area contributed by atoms with Gasteiger partial charge in [-0.1, -0.05) is 42.5 Å². The molecule has 1 amide bonds. The van der Waals surface area contributed by atoms with Gasteiger partial charge in [0, 0.05) is 12.6 Å². The van der Waals surface area contributed by atoms with E-state index in [0.29, 0.717) is 0 Å². The predicted octanol–water partition coefficient (Wildman–Crippen LogP) is 3.22. The molecular formula is C17H19NO. The minimum atomic E-state index is -0.0232. The molecule has 0 heterocycles. The van der Waals surface area contributed by atoms with Crippen LogP contribution in [-0.2, 0) is 12.8 Å². The Labute approximate surface area is 114 Å². The van der Waals surface area contributed by atoms with Crippen molar-refractivity contribution in [1.29, 1.82) is 0 Å². The van der Waals surface area contributed by atoms with Crippen LogP contribution in [0.1, 0.15) is 27.9 Å². The largest absolute Gasteiger partial charge is 0.355 e. The van der Waals surface area contributed by atoms with Gasteiger partial charge in [-0.25, -0.2) is 0 Å². The topological polar surface area (TPSA) is 29.1 Å². The SMILES string of the molecule is CNC(=O)c1cccc(CCCc2ccccc2)c1. The van der Waals surface area contributed by atoms with Gasteiger partial charge in [0.25, 0.3) is 5.91 Å². The summed E-state index contributed by atoms with van der Waals surface area (Å²) in [5.74, 6) is -0.0232. The summed E-state index contributed by atoms with van der Waals surface area (Å²) in [4.78, 5) is 11.5. The average molecular weight is 253 g/mol. The predicted molar refractivity (Wildman–Crippen MR) is 78.3 cm³/mol. The zero-order chi connectivity index (χ0) is 13.5. The lowest BCUT2D eigenvalue weighted by Gasteiger charge is -2.05. The third-order valence-electron chi connectivity index (χ3n) is 3.19. The molecule has 2 heteroatoms. The van der Waals surface area contributed by atoms with Gasteiger partial charge in [-0.3, -0.25) is 4.79 Å². The minimum absolute atomic E-state index is 0.0232. The monoisotopic (exact) mass is 253 g/mol. The quantitative estimate of drug-likeness (QED) is 0.871. The van der Waals surface area contributed by atoms with Crippen LogP contribution in [-0.4, -0.2) is 13.0 Å². The van der Waals surface area contributed by atoms with E-state index >= 15 is 0 Å². The van der Waals surface area contributed by atoms with Gasteiger partial charge in [0.2, 0.25) is 0 Å². The fraction of sp³-hybridized carbons (Fsp3) is 0.235. The molecule has 0 unspecified atom stereocenters. The molecule has 1 N–H and O–H groups in total. The van der Waals surface area contributed by atoms with E-state index in [2.05, 4.69) is 35.6 Å². The Morgan fingerprint density at radius 3 is 2.37 bits per heavy atom. The van der Waals surface area contributed by atoms with E-state index in [9.17, 15) is 4.79 Å². The van der Waals surface area contributed by atoms with Gasteiger partial charge < -0.3 is 5.32 Å². The van der Waals surface area contributed by atoms with Gasteiger partial charge in [0.15, 0.2) is 0 Å². The van der Waals surface area contributed by atoms with Crippen molar-refractivity contribution in [1.82, 2.24) is 5.32 Å². The highest BCUT2D eigenvalue weighted by Crippen LogP contribution is 2.10. The van der Waals surface area contributed by atoms with Crippen LogP contribution in [0.2, 0.25) is 0 Å².